The minimum absolute atomic E-state index is 0.0405. The molecule has 2 aliphatic carbocycles. The summed E-state index contributed by atoms with van der Waals surface area (Å²) in [5.41, 5.74) is 0.903. The predicted octanol–water partition coefficient (Wildman–Crippen LogP) is 4.55. The molecule has 5 atom stereocenters. The summed E-state index contributed by atoms with van der Waals surface area (Å²) in [6.07, 6.45) is 9.36. The summed E-state index contributed by atoms with van der Waals surface area (Å²) < 4.78 is 6.37. The zero-order chi connectivity index (χ0) is 15.3. The molecule has 3 aliphatic rings. The Morgan fingerprint density at radius 2 is 1.62 bits per heavy atom. The number of hydrogen-bond donors (Lipinski definition) is 1. The van der Waals surface area contributed by atoms with Crippen molar-refractivity contribution in [3.05, 3.63) is 0 Å². The zero-order valence-electron chi connectivity index (χ0n) is 14.5. The van der Waals surface area contributed by atoms with Crippen molar-refractivity contribution in [3.63, 3.8) is 0 Å². The van der Waals surface area contributed by atoms with Crippen LogP contribution in [0.2, 0.25) is 0 Å². The van der Waals surface area contributed by atoms with Crippen molar-refractivity contribution in [2.45, 2.75) is 90.8 Å². The molecule has 1 N–H and O–H groups in total. The van der Waals surface area contributed by atoms with E-state index in [9.17, 15) is 5.11 Å². The molecule has 0 amide bonds. The van der Waals surface area contributed by atoms with Crippen LogP contribution in [0.1, 0.15) is 79.1 Å². The third kappa shape index (κ3) is 2.57. The lowest BCUT2D eigenvalue weighted by Gasteiger charge is -2.62. The van der Waals surface area contributed by atoms with E-state index >= 15 is 0 Å². The molecule has 2 saturated carbocycles. The van der Waals surface area contributed by atoms with Crippen LogP contribution in [0.3, 0.4) is 0 Å². The fraction of sp³-hybridized carbons (Fsp3) is 1.00. The molecule has 2 nitrogen and oxygen atoms in total. The van der Waals surface area contributed by atoms with Crippen LogP contribution in [0, 0.1) is 22.7 Å². The van der Waals surface area contributed by atoms with Gasteiger partial charge in [0.05, 0.1) is 11.7 Å². The van der Waals surface area contributed by atoms with E-state index in [0.717, 1.165) is 31.8 Å². The predicted molar refractivity (Wildman–Crippen MR) is 86.2 cm³/mol. The highest BCUT2D eigenvalue weighted by atomic mass is 16.5. The van der Waals surface area contributed by atoms with Crippen LogP contribution in [0.4, 0.5) is 0 Å². The molecule has 2 heteroatoms. The number of aliphatic hydroxyl groups excluding tert-OH is 1. The molecule has 0 radical (unpaired) electrons. The second-order valence-corrected chi connectivity index (χ2v) is 9.17. The molecule has 0 aromatic carbocycles. The Hall–Kier alpha value is -0.0800. The molecular formula is C19H34O2. The van der Waals surface area contributed by atoms with E-state index in [-0.39, 0.29) is 11.7 Å². The number of aliphatic hydroxyl groups is 1. The van der Waals surface area contributed by atoms with Crippen molar-refractivity contribution in [3.8, 4) is 0 Å². The van der Waals surface area contributed by atoms with E-state index in [0.29, 0.717) is 16.7 Å². The van der Waals surface area contributed by atoms with Gasteiger partial charge in [-0.1, -0.05) is 27.2 Å². The third-order valence-corrected chi connectivity index (χ3v) is 7.41. The molecule has 1 heterocycles. The minimum atomic E-state index is -0.157. The Labute approximate surface area is 130 Å². The summed E-state index contributed by atoms with van der Waals surface area (Å²) in [6, 6.07) is 0. The highest BCUT2D eigenvalue weighted by Gasteiger charge is 2.58. The lowest BCUT2D eigenvalue weighted by Crippen LogP contribution is -2.59. The van der Waals surface area contributed by atoms with E-state index in [1.165, 1.54) is 32.1 Å². The molecular weight excluding hydrogens is 260 g/mol. The first-order valence-electron chi connectivity index (χ1n) is 9.10. The Morgan fingerprint density at radius 1 is 0.857 bits per heavy atom. The van der Waals surface area contributed by atoms with E-state index in [1.54, 1.807) is 0 Å². The highest BCUT2D eigenvalue weighted by molar-refractivity contribution is 5.08. The lowest BCUT2D eigenvalue weighted by atomic mass is 9.45. The molecule has 122 valence electrons. The van der Waals surface area contributed by atoms with Crippen LogP contribution in [-0.2, 0) is 4.74 Å². The second kappa shape index (κ2) is 5.23. The average Bonchev–Trinajstić information content (AvgIpc) is 2.34. The summed E-state index contributed by atoms with van der Waals surface area (Å²) in [5.74, 6) is 1.43. The molecule has 3 rings (SSSR count). The number of hydrogen-bond acceptors (Lipinski definition) is 2. The summed E-state index contributed by atoms with van der Waals surface area (Å²) in [7, 11) is 0. The van der Waals surface area contributed by atoms with E-state index < -0.39 is 0 Å². The fourth-order valence-corrected chi connectivity index (χ4v) is 6.35. The average molecular weight is 294 g/mol. The standard InChI is InChI=1S/C19H34O2/c1-17(2)10-5-11-18(3)15(17)8-12-19(4)16(18)7-6-14(20)9-13-21-19/h14-16,20H,5-13H2,1-4H3/t14-,15-,16+,18+,19-/m1/s1. The molecule has 0 aromatic heterocycles. The summed E-state index contributed by atoms with van der Waals surface area (Å²) >= 11 is 0. The van der Waals surface area contributed by atoms with E-state index in [2.05, 4.69) is 27.7 Å². The van der Waals surface area contributed by atoms with Gasteiger partial charge in [-0.15, -0.1) is 0 Å². The quantitative estimate of drug-likeness (QED) is 0.710. The summed E-state index contributed by atoms with van der Waals surface area (Å²) in [4.78, 5) is 0. The molecule has 21 heavy (non-hydrogen) atoms. The zero-order valence-corrected chi connectivity index (χ0v) is 14.5. The first kappa shape index (κ1) is 15.8. The summed E-state index contributed by atoms with van der Waals surface area (Å²) in [6.45, 7) is 10.6. The van der Waals surface area contributed by atoms with Crippen molar-refractivity contribution in [1.29, 1.82) is 0 Å². The third-order valence-electron chi connectivity index (χ3n) is 7.41. The van der Waals surface area contributed by atoms with Gasteiger partial charge in [0.2, 0.25) is 0 Å². The Bertz CT molecular complexity index is 391. The first-order chi connectivity index (χ1) is 9.78. The Morgan fingerprint density at radius 3 is 2.38 bits per heavy atom. The van der Waals surface area contributed by atoms with Gasteiger partial charge in [0.25, 0.3) is 0 Å². The molecule has 1 aliphatic heterocycles. The van der Waals surface area contributed by atoms with Gasteiger partial charge in [-0.25, -0.2) is 0 Å². The van der Waals surface area contributed by atoms with Crippen molar-refractivity contribution >= 4 is 0 Å². The number of rotatable bonds is 0. The molecule has 0 aromatic rings. The van der Waals surface area contributed by atoms with Gasteiger partial charge in [-0.3, -0.25) is 0 Å². The SMILES string of the molecule is CC1(C)CCC[C@@]2(C)[C@@H]1CC[C@@]1(C)OCC[C@H](O)CC[C@@H]21. The van der Waals surface area contributed by atoms with Crippen LogP contribution < -0.4 is 0 Å². The second-order valence-electron chi connectivity index (χ2n) is 9.17. The van der Waals surface area contributed by atoms with Crippen molar-refractivity contribution in [2.24, 2.45) is 22.7 Å². The monoisotopic (exact) mass is 294 g/mol. The van der Waals surface area contributed by atoms with Gasteiger partial charge in [0.1, 0.15) is 0 Å². The molecule has 1 saturated heterocycles. The Kier molecular flexibility index (Phi) is 3.94. The molecule has 0 bridgehead atoms. The van der Waals surface area contributed by atoms with Gasteiger partial charge in [-0.2, -0.15) is 0 Å². The van der Waals surface area contributed by atoms with Gasteiger partial charge < -0.3 is 9.84 Å². The highest BCUT2D eigenvalue weighted by Crippen LogP contribution is 2.63. The van der Waals surface area contributed by atoms with Crippen molar-refractivity contribution in [1.82, 2.24) is 0 Å². The van der Waals surface area contributed by atoms with Crippen LogP contribution in [0.15, 0.2) is 0 Å². The maximum atomic E-state index is 10.1. The van der Waals surface area contributed by atoms with Gasteiger partial charge in [0.15, 0.2) is 0 Å². The molecule has 3 fully saturated rings. The maximum absolute atomic E-state index is 10.1. The minimum Gasteiger partial charge on any atom is -0.393 e. The topological polar surface area (TPSA) is 29.5 Å². The smallest absolute Gasteiger partial charge is 0.0688 e. The number of ether oxygens (including phenoxy) is 1. The van der Waals surface area contributed by atoms with Gasteiger partial charge in [-0.05, 0) is 74.5 Å². The van der Waals surface area contributed by atoms with Crippen LogP contribution >= 0.6 is 0 Å². The van der Waals surface area contributed by atoms with Crippen molar-refractivity contribution < 1.29 is 9.84 Å². The van der Waals surface area contributed by atoms with E-state index in [4.69, 9.17) is 4.74 Å². The largest absolute Gasteiger partial charge is 0.393 e. The van der Waals surface area contributed by atoms with Crippen LogP contribution in [0.5, 0.6) is 0 Å². The van der Waals surface area contributed by atoms with Gasteiger partial charge >= 0.3 is 0 Å². The van der Waals surface area contributed by atoms with E-state index in [1.807, 2.05) is 0 Å². The lowest BCUT2D eigenvalue weighted by molar-refractivity contribution is -0.202. The van der Waals surface area contributed by atoms with Gasteiger partial charge in [0, 0.05) is 6.61 Å². The first-order valence-corrected chi connectivity index (χ1v) is 9.10. The maximum Gasteiger partial charge on any atom is 0.0688 e. The normalized spacial score (nSPS) is 50.4. The van der Waals surface area contributed by atoms with Crippen molar-refractivity contribution in [2.75, 3.05) is 6.61 Å². The van der Waals surface area contributed by atoms with Crippen LogP contribution in [0.25, 0.3) is 0 Å². The Balaban J connectivity index is 1.93. The molecule has 0 unspecified atom stereocenters. The fourth-order valence-electron chi connectivity index (χ4n) is 6.35. The molecule has 0 spiro atoms. The number of fused-ring (bicyclic) bond motifs is 3. The summed E-state index contributed by atoms with van der Waals surface area (Å²) in [5, 5.41) is 10.1. The van der Waals surface area contributed by atoms with Crippen LogP contribution in [-0.4, -0.2) is 23.4 Å².